The Bertz CT molecular complexity index is 1250. The molecule has 10 heteroatoms. The molecule has 0 radical (unpaired) electrons. The van der Waals surface area contributed by atoms with Crippen LogP contribution in [0.5, 0.6) is 0 Å². The van der Waals surface area contributed by atoms with Crippen LogP contribution in [0.25, 0.3) is 0 Å². The molecule has 3 aromatic rings. The largest absolute Gasteiger partial charge is 0.416 e. The topological polar surface area (TPSA) is 66.5 Å². The lowest BCUT2D eigenvalue weighted by Crippen LogP contribution is -2.41. The number of rotatable bonds is 11. The quantitative estimate of drug-likeness (QED) is 0.322. The van der Waals surface area contributed by atoms with Gasteiger partial charge in [0, 0.05) is 12.3 Å². The van der Waals surface area contributed by atoms with Gasteiger partial charge in [0.25, 0.3) is 10.0 Å². The van der Waals surface area contributed by atoms with E-state index < -0.39 is 34.2 Å². The third kappa shape index (κ3) is 7.76. The van der Waals surface area contributed by atoms with Crippen LogP contribution in [0.4, 0.5) is 18.9 Å². The molecule has 3 aromatic carbocycles. The number of carbonyl (C=O) groups is 1. The summed E-state index contributed by atoms with van der Waals surface area (Å²) in [6.07, 6.45) is -3.99. The first-order valence-electron chi connectivity index (χ1n) is 11.2. The summed E-state index contributed by atoms with van der Waals surface area (Å²) in [4.78, 5) is 12.5. The highest BCUT2D eigenvalue weighted by Crippen LogP contribution is 2.33. The number of halogens is 3. The van der Waals surface area contributed by atoms with Crippen molar-refractivity contribution in [3.8, 4) is 0 Å². The number of anilines is 1. The number of sulfonamides is 1. The highest BCUT2D eigenvalue weighted by Gasteiger charge is 2.33. The number of carbonyl (C=O) groups excluding carboxylic acids is 1. The van der Waals surface area contributed by atoms with E-state index in [-0.39, 0.29) is 10.6 Å². The molecule has 0 spiro atoms. The van der Waals surface area contributed by atoms with E-state index in [1.807, 2.05) is 6.92 Å². The van der Waals surface area contributed by atoms with E-state index in [1.54, 1.807) is 17.8 Å². The van der Waals surface area contributed by atoms with Gasteiger partial charge < -0.3 is 5.32 Å². The maximum Gasteiger partial charge on any atom is 0.416 e. The maximum absolute atomic E-state index is 13.3. The van der Waals surface area contributed by atoms with Gasteiger partial charge >= 0.3 is 6.18 Å². The van der Waals surface area contributed by atoms with Crippen LogP contribution < -0.4 is 9.62 Å². The Kier molecular flexibility index (Phi) is 9.44. The summed E-state index contributed by atoms with van der Waals surface area (Å²) in [5.41, 5.74) is 1.16. The number of thioether (sulfide) groups is 1. The molecule has 0 saturated heterocycles. The summed E-state index contributed by atoms with van der Waals surface area (Å²) in [6.45, 7) is 1.70. The molecule has 0 aliphatic carbocycles. The summed E-state index contributed by atoms with van der Waals surface area (Å²) in [7, 11) is -4.28. The minimum Gasteiger partial charge on any atom is -0.354 e. The van der Waals surface area contributed by atoms with Crippen molar-refractivity contribution in [1.29, 1.82) is 0 Å². The average molecular weight is 537 g/mol. The van der Waals surface area contributed by atoms with Crippen molar-refractivity contribution in [2.24, 2.45) is 0 Å². The van der Waals surface area contributed by atoms with Crippen molar-refractivity contribution in [3.05, 3.63) is 95.6 Å². The standard InChI is InChI=1S/C26H27F3N2O3S2/c1-20-11-13-21(14-12-20)19-35-16-6-15-30-25(32)18-31(36(33,34)24-9-3-2-4-10-24)23-8-5-7-22(17-23)26(27,28)29/h2-5,7-14,17H,6,15-16,18-19H2,1H3,(H,30,32). The third-order valence-electron chi connectivity index (χ3n) is 5.26. The predicted molar refractivity (Wildman–Crippen MR) is 137 cm³/mol. The van der Waals surface area contributed by atoms with Gasteiger partial charge in [-0.1, -0.05) is 54.1 Å². The molecule has 192 valence electrons. The van der Waals surface area contributed by atoms with E-state index in [1.165, 1.54) is 41.5 Å². The Morgan fingerprint density at radius 2 is 1.67 bits per heavy atom. The second kappa shape index (κ2) is 12.3. The number of nitrogens with one attached hydrogen (secondary N) is 1. The fraction of sp³-hybridized carbons (Fsp3) is 0.269. The second-order valence-corrected chi connectivity index (χ2v) is 11.1. The van der Waals surface area contributed by atoms with Crippen molar-refractivity contribution >= 4 is 33.4 Å². The molecule has 0 aliphatic rings. The molecule has 0 heterocycles. The Morgan fingerprint density at radius 3 is 2.33 bits per heavy atom. The number of benzene rings is 3. The summed E-state index contributed by atoms with van der Waals surface area (Å²) >= 11 is 1.72. The molecular formula is C26H27F3N2O3S2. The molecule has 0 aromatic heterocycles. The third-order valence-corrected chi connectivity index (χ3v) is 8.16. The van der Waals surface area contributed by atoms with E-state index in [0.717, 1.165) is 29.7 Å². The summed E-state index contributed by atoms with van der Waals surface area (Å²) in [5, 5.41) is 2.68. The van der Waals surface area contributed by atoms with Crippen LogP contribution in [0.1, 0.15) is 23.1 Å². The Morgan fingerprint density at radius 1 is 0.972 bits per heavy atom. The Hall–Kier alpha value is -2.98. The molecule has 5 nitrogen and oxygen atoms in total. The Labute approximate surface area is 213 Å². The fourth-order valence-electron chi connectivity index (χ4n) is 3.33. The zero-order chi connectivity index (χ0) is 26.2. The minimum atomic E-state index is -4.66. The predicted octanol–water partition coefficient (Wildman–Crippen LogP) is 5.65. The van der Waals surface area contributed by atoms with E-state index in [0.29, 0.717) is 17.3 Å². The molecule has 1 N–H and O–H groups in total. The fourth-order valence-corrected chi connectivity index (χ4v) is 5.69. The lowest BCUT2D eigenvalue weighted by molar-refractivity contribution is -0.137. The molecule has 0 saturated carbocycles. The van der Waals surface area contributed by atoms with Gasteiger partial charge in [-0.15, -0.1) is 0 Å². The maximum atomic E-state index is 13.3. The van der Waals surface area contributed by atoms with E-state index >= 15 is 0 Å². The number of hydrogen-bond acceptors (Lipinski definition) is 4. The monoisotopic (exact) mass is 536 g/mol. The molecule has 36 heavy (non-hydrogen) atoms. The van der Waals surface area contributed by atoms with Gasteiger partial charge in [-0.2, -0.15) is 24.9 Å². The minimum absolute atomic E-state index is 0.122. The van der Waals surface area contributed by atoms with Crippen molar-refractivity contribution in [2.45, 2.75) is 30.2 Å². The molecule has 0 aliphatic heterocycles. The van der Waals surface area contributed by atoms with Crippen LogP contribution in [-0.4, -0.2) is 33.2 Å². The molecule has 0 fully saturated rings. The smallest absolute Gasteiger partial charge is 0.354 e. The molecule has 1 amide bonds. The van der Waals surface area contributed by atoms with Gasteiger partial charge in [0.1, 0.15) is 6.54 Å². The van der Waals surface area contributed by atoms with Crippen molar-refractivity contribution in [1.82, 2.24) is 5.32 Å². The first kappa shape index (κ1) is 27.6. The first-order chi connectivity index (χ1) is 17.1. The second-order valence-electron chi connectivity index (χ2n) is 8.11. The van der Waals surface area contributed by atoms with Crippen molar-refractivity contribution in [3.63, 3.8) is 0 Å². The van der Waals surface area contributed by atoms with Crippen molar-refractivity contribution in [2.75, 3.05) is 23.1 Å². The summed E-state index contributed by atoms with van der Waals surface area (Å²) in [6, 6.07) is 19.5. The molecule has 0 unspecified atom stereocenters. The van der Waals surface area contributed by atoms with Crippen LogP contribution in [0, 0.1) is 6.92 Å². The van der Waals surface area contributed by atoms with E-state index in [9.17, 15) is 26.4 Å². The zero-order valence-electron chi connectivity index (χ0n) is 19.7. The Balaban J connectivity index is 1.64. The number of amides is 1. The molecule has 0 atom stereocenters. The highest BCUT2D eigenvalue weighted by atomic mass is 32.2. The lowest BCUT2D eigenvalue weighted by Gasteiger charge is -2.25. The van der Waals surface area contributed by atoms with Crippen molar-refractivity contribution < 1.29 is 26.4 Å². The molecular weight excluding hydrogens is 509 g/mol. The number of alkyl halides is 3. The summed E-state index contributed by atoms with van der Waals surface area (Å²) < 4.78 is 67.0. The number of aryl methyl sites for hydroxylation is 1. The normalized spacial score (nSPS) is 11.8. The lowest BCUT2D eigenvalue weighted by atomic mass is 10.2. The number of nitrogens with zero attached hydrogens (tertiary/aromatic N) is 1. The van der Waals surface area contributed by atoms with Gasteiger partial charge in [0.05, 0.1) is 16.1 Å². The van der Waals surface area contributed by atoms with Crippen LogP contribution in [0.3, 0.4) is 0 Å². The summed E-state index contributed by atoms with van der Waals surface area (Å²) in [5.74, 6) is 1.02. The number of hydrogen-bond donors (Lipinski definition) is 1. The van der Waals surface area contributed by atoms with Gasteiger partial charge in [-0.3, -0.25) is 9.10 Å². The van der Waals surface area contributed by atoms with Crippen LogP contribution >= 0.6 is 11.8 Å². The molecule has 0 bridgehead atoms. The van der Waals surface area contributed by atoms with Crippen LogP contribution in [-0.2, 0) is 26.7 Å². The zero-order valence-corrected chi connectivity index (χ0v) is 21.3. The average Bonchev–Trinajstić information content (AvgIpc) is 2.85. The van der Waals surface area contributed by atoms with E-state index in [4.69, 9.17) is 0 Å². The SMILES string of the molecule is Cc1ccc(CSCCCNC(=O)CN(c2cccc(C(F)(F)F)c2)S(=O)(=O)c2ccccc2)cc1. The van der Waals surface area contributed by atoms with Gasteiger partial charge in [-0.25, -0.2) is 8.42 Å². The molecule has 3 rings (SSSR count). The van der Waals surface area contributed by atoms with Crippen LogP contribution in [0.15, 0.2) is 83.8 Å². The van der Waals surface area contributed by atoms with Gasteiger partial charge in [0.15, 0.2) is 0 Å². The first-order valence-corrected chi connectivity index (χ1v) is 13.8. The highest BCUT2D eigenvalue weighted by molar-refractivity contribution is 7.98. The van der Waals surface area contributed by atoms with Crippen LogP contribution in [0.2, 0.25) is 0 Å². The van der Waals surface area contributed by atoms with Gasteiger partial charge in [-0.05, 0) is 55.0 Å². The van der Waals surface area contributed by atoms with E-state index in [2.05, 4.69) is 29.6 Å². The van der Waals surface area contributed by atoms with Gasteiger partial charge in [0.2, 0.25) is 5.91 Å².